The van der Waals surface area contributed by atoms with Gasteiger partial charge >= 0.3 is 0 Å². The predicted octanol–water partition coefficient (Wildman–Crippen LogP) is 1.92. The Morgan fingerprint density at radius 3 is 2.80 bits per heavy atom. The Morgan fingerprint density at radius 2 is 2.20 bits per heavy atom. The maximum atomic E-state index is 8.87. The van der Waals surface area contributed by atoms with Gasteiger partial charge < -0.3 is 15.7 Å². The van der Waals surface area contributed by atoms with Crippen LogP contribution in [-0.4, -0.2) is 37.3 Å². The number of aliphatic hydroxyl groups excluding tert-OH is 1. The Bertz CT molecular complexity index is 472. The molecule has 0 aromatic heterocycles. The van der Waals surface area contributed by atoms with Crippen LogP contribution < -0.4 is 10.6 Å². The number of aliphatic imine (C=N–C) groups is 1. The van der Waals surface area contributed by atoms with Gasteiger partial charge in [-0.2, -0.15) is 0 Å². The lowest BCUT2D eigenvalue weighted by atomic mass is 9.96. The summed E-state index contributed by atoms with van der Waals surface area (Å²) in [4.78, 5) is 4.63. The van der Waals surface area contributed by atoms with Gasteiger partial charge in [0.25, 0.3) is 0 Å². The first kappa shape index (κ1) is 15.1. The first-order valence-electron chi connectivity index (χ1n) is 7.09. The summed E-state index contributed by atoms with van der Waals surface area (Å²) in [5, 5.41) is 15.9. The van der Waals surface area contributed by atoms with Crippen molar-refractivity contribution < 1.29 is 5.11 Å². The summed E-state index contributed by atoms with van der Waals surface area (Å²) in [6.45, 7) is 4.19. The lowest BCUT2D eigenvalue weighted by Gasteiger charge is -2.16. The Morgan fingerprint density at radius 1 is 1.40 bits per heavy atom. The number of nitrogens with zero attached hydrogens (tertiary/aromatic N) is 1. The summed E-state index contributed by atoms with van der Waals surface area (Å²) in [6, 6.07) is 8.06. The van der Waals surface area contributed by atoms with Crippen molar-refractivity contribution in [2.24, 2.45) is 4.99 Å². The number of hydrogen-bond acceptors (Lipinski definition) is 2. The lowest BCUT2D eigenvalue weighted by molar-refractivity contribution is 0.300. The van der Waals surface area contributed by atoms with Crippen LogP contribution in [0.25, 0.3) is 0 Å². The van der Waals surface area contributed by atoms with Crippen LogP contribution in [-0.2, 0) is 5.41 Å². The SMILES string of the molecule is CCNC(=NCC1(c2cccc(Cl)c2)CC1)NCCO. The van der Waals surface area contributed by atoms with Gasteiger partial charge in [-0.25, -0.2) is 0 Å². The van der Waals surface area contributed by atoms with Crippen LogP contribution in [0.5, 0.6) is 0 Å². The molecule has 0 unspecified atom stereocenters. The first-order chi connectivity index (χ1) is 9.70. The zero-order valence-electron chi connectivity index (χ0n) is 11.8. The Kier molecular flexibility index (Phi) is 5.26. The van der Waals surface area contributed by atoms with E-state index in [2.05, 4.69) is 21.7 Å². The molecule has 1 aromatic rings. The molecular formula is C15H22ClN3O. The van der Waals surface area contributed by atoms with Crippen LogP contribution in [0.4, 0.5) is 0 Å². The Labute approximate surface area is 125 Å². The Hall–Kier alpha value is -1.26. The third-order valence-electron chi connectivity index (χ3n) is 3.58. The second-order valence-electron chi connectivity index (χ2n) is 5.14. The molecule has 110 valence electrons. The van der Waals surface area contributed by atoms with Crippen molar-refractivity contribution in [2.75, 3.05) is 26.2 Å². The predicted molar refractivity (Wildman–Crippen MR) is 83.4 cm³/mol. The van der Waals surface area contributed by atoms with E-state index in [1.54, 1.807) is 0 Å². The molecule has 0 spiro atoms. The van der Waals surface area contributed by atoms with Gasteiger partial charge in [0.15, 0.2) is 5.96 Å². The molecule has 0 atom stereocenters. The van der Waals surface area contributed by atoms with E-state index < -0.39 is 0 Å². The quantitative estimate of drug-likeness (QED) is 0.555. The molecule has 3 N–H and O–H groups in total. The molecule has 0 bridgehead atoms. The second-order valence-corrected chi connectivity index (χ2v) is 5.57. The van der Waals surface area contributed by atoms with Crippen LogP contribution in [0.1, 0.15) is 25.3 Å². The van der Waals surface area contributed by atoms with Crippen molar-refractivity contribution in [2.45, 2.75) is 25.2 Å². The molecule has 0 radical (unpaired) electrons. The molecule has 1 aromatic carbocycles. The maximum Gasteiger partial charge on any atom is 0.191 e. The second kappa shape index (κ2) is 6.95. The minimum absolute atomic E-state index is 0.101. The lowest BCUT2D eigenvalue weighted by Crippen LogP contribution is -2.39. The van der Waals surface area contributed by atoms with Crippen molar-refractivity contribution in [3.05, 3.63) is 34.9 Å². The largest absolute Gasteiger partial charge is 0.395 e. The van der Waals surface area contributed by atoms with E-state index in [9.17, 15) is 0 Å². The highest BCUT2D eigenvalue weighted by molar-refractivity contribution is 6.30. The highest BCUT2D eigenvalue weighted by Crippen LogP contribution is 2.48. The summed E-state index contributed by atoms with van der Waals surface area (Å²) in [6.07, 6.45) is 2.30. The number of nitrogens with one attached hydrogen (secondary N) is 2. The zero-order valence-corrected chi connectivity index (χ0v) is 12.6. The van der Waals surface area contributed by atoms with Gasteiger partial charge in [0.1, 0.15) is 0 Å². The average molecular weight is 296 g/mol. The van der Waals surface area contributed by atoms with Crippen LogP contribution in [0, 0.1) is 0 Å². The summed E-state index contributed by atoms with van der Waals surface area (Å²) < 4.78 is 0. The zero-order chi connectivity index (χ0) is 14.4. The molecule has 1 fully saturated rings. The van der Waals surface area contributed by atoms with E-state index in [1.165, 1.54) is 5.56 Å². The van der Waals surface area contributed by atoms with E-state index in [0.29, 0.717) is 6.54 Å². The van der Waals surface area contributed by atoms with Crippen LogP contribution >= 0.6 is 11.6 Å². The fourth-order valence-electron chi connectivity index (χ4n) is 2.25. The summed E-state index contributed by atoms with van der Waals surface area (Å²) >= 11 is 6.07. The average Bonchev–Trinajstić information content (AvgIpc) is 3.23. The third kappa shape index (κ3) is 3.87. The molecule has 1 aliphatic rings. The van der Waals surface area contributed by atoms with Crippen molar-refractivity contribution in [3.63, 3.8) is 0 Å². The molecular weight excluding hydrogens is 274 g/mol. The van der Waals surface area contributed by atoms with E-state index in [0.717, 1.165) is 36.9 Å². The van der Waals surface area contributed by atoms with Gasteiger partial charge in [0.05, 0.1) is 13.2 Å². The van der Waals surface area contributed by atoms with Crippen molar-refractivity contribution in [1.29, 1.82) is 0 Å². The monoisotopic (exact) mass is 295 g/mol. The van der Waals surface area contributed by atoms with E-state index in [-0.39, 0.29) is 12.0 Å². The summed E-state index contributed by atoms with van der Waals surface area (Å²) in [5.41, 5.74) is 1.42. The number of hydrogen-bond donors (Lipinski definition) is 3. The topological polar surface area (TPSA) is 56.7 Å². The molecule has 0 heterocycles. The smallest absolute Gasteiger partial charge is 0.191 e. The highest BCUT2D eigenvalue weighted by Gasteiger charge is 2.44. The fraction of sp³-hybridized carbons (Fsp3) is 0.533. The van der Waals surface area contributed by atoms with Crippen molar-refractivity contribution in [3.8, 4) is 0 Å². The first-order valence-corrected chi connectivity index (χ1v) is 7.47. The van der Waals surface area contributed by atoms with Crippen LogP contribution in [0.15, 0.2) is 29.3 Å². The van der Waals surface area contributed by atoms with Gasteiger partial charge in [0, 0.05) is 23.5 Å². The molecule has 20 heavy (non-hydrogen) atoms. The Balaban J connectivity index is 2.03. The van der Waals surface area contributed by atoms with Crippen LogP contribution in [0.2, 0.25) is 5.02 Å². The molecule has 0 aliphatic heterocycles. The molecule has 2 rings (SSSR count). The number of rotatable bonds is 6. The number of halogens is 1. The number of aliphatic hydroxyl groups is 1. The molecule has 5 heteroatoms. The van der Waals surface area contributed by atoms with Crippen molar-refractivity contribution >= 4 is 17.6 Å². The highest BCUT2D eigenvalue weighted by atomic mass is 35.5. The molecule has 1 saturated carbocycles. The van der Waals surface area contributed by atoms with Gasteiger partial charge in [-0.05, 0) is 37.5 Å². The van der Waals surface area contributed by atoms with Gasteiger partial charge in [-0.15, -0.1) is 0 Å². The van der Waals surface area contributed by atoms with E-state index in [4.69, 9.17) is 16.7 Å². The summed E-state index contributed by atoms with van der Waals surface area (Å²) in [7, 11) is 0. The number of guanidine groups is 1. The van der Waals surface area contributed by atoms with Crippen molar-refractivity contribution in [1.82, 2.24) is 10.6 Å². The van der Waals surface area contributed by atoms with Gasteiger partial charge in [0.2, 0.25) is 0 Å². The molecule has 1 aliphatic carbocycles. The van der Waals surface area contributed by atoms with E-state index >= 15 is 0 Å². The molecule has 0 saturated heterocycles. The third-order valence-corrected chi connectivity index (χ3v) is 3.81. The number of benzene rings is 1. The minimum atomic E-state index is 0.101. The maximum absolute atomic E-state index is 8.87. The normalized spacial score (nSPS) is 16.9. The molecule has 4 nitrogen and oxygen atoms in total. The minimum Gasteiger partial charge on any atom is -0.395 e. The van der Waals surface area contributed by atoms with Crippen LogP contribution in [0.3, 0.4) is 0 Å². The standard InChI is InChI=1S/C15H22ClN3O/c1-2-17-14(18-8-9-20)19-11-15(6-7-15)12-4-3-5-13(16)10-12/h3-5,10,20H,2,6-9,11H2,1H3,(H2,17,18,19). The molecule has 0 amide bonds. The fourth-order valence-corrected chi connectivity index (χ4v) is 2.44. The van der Waals surface area contributed by atoms with E-state index in [1.807, 2.05) is 25.1 Å². The van der Waals surface area contributed by atoms with Gasteiger partial charge in [-0.3, -0.25) is 4.99 Å². The summed E-state index contributed by atoms with van der Waals surface area (Å²) in [5.74, 6) is 0.759. The van der Waals surface area contributed by atoms with Gasteiger partial charge in [-0.1, -0.05) is 23.7 Å².